The van der Waals surface area contributed by atoms with Crippen LogP contribution in [0, 0.1) is 11.7 Å². The fourth-order valence-corrected chi connectivity index (χ4v) is 5.37. The summed E-state index contributed by atoms with van der Waals surface area (Å²) in [5.41, 5.74) is 0.410. The summed E-state index contributed by atoms with van der Waals surface area (Å²) in [6.07, 6.45) is 0.765. The lowest BCUT2D eigenvalue weighted by Crippen LogP contribution is -2.43. The zero-order valence-corrected chi connectivity index (χ0v) is 17.2. The first-order chi connectivity index (χ1) is 13.3. The summed E-state index contributed by atoms with van der Waals surface area (Å²) in [6, 6.07) is 10.5. The van der Waals surface area contributed by atoms with Crippen LogP contribution in [-0.4, -0.2) is 31.7 Å². The first kappa shape index (κ1) is 21.0. The van der Waals surface area contributed by atoms with Gasteiger partial charge in [-0.05, 0) is 37.1 Å². The number of hydrogen-bond donors (Lipinski definition) is 1. The molecule has 0 atom stereocenters. The minimum absolute atomic E-state index is 0.000945. The van der Waals surface area contributed by atoms with Gasteiger partial charge in [0.25, 0.3) is 0 Å². The van der Waals surface area contributed by atoms with Crippen LogP contribution in [0.2, 0.25) is 10.0 Å². The van der Waals surface area contributed by atoms with E-state index in [4.69, 9.17) is 23.2 Å². The predicted octanol–water partition coefficient (Wildman–Crippen LogP) is 3.85. The van der Waals surface area contributed by atoms with Gasteiger partial charge in [-0.1, -0.05) is 41.4 Å². The van der Waals surface area contributed by atoms with Crippen LogP contribution < -0.4 is 5.32 Å². The number of carbonyl (C=O) groups excluding carboxylic acids is 1. The van der Waals surface area contributed by atoms with Gasteiger partial charge in [0.1, 0.15) is 10.7 Å². The molecule has 2 aromatic rings. The zero-order chi connectivity index (χ0) is 20.3. The number of hydrogen-bond acceptors (Lipinski definition) is 3. The van der Waals surface area contributed by atoms with E-state index >= 15 is 0 Å². The minimum atomic E-state index is -3.76. The highest BCUT2D eigenvalue weighted by Crippen LogP contribution is 2.30. The number of nitrogens with one attached hydrogen (secondary N) is 1. The topological polar surface area (TPSA) is 66.5 Å². The number of carbonyl (C=O) groups is 1. The van der Waals surface area contributed by atoms with E-state index in [1.807, 2.05) is 0 Å². The molecule has 1 aliphatic rings. The molecule has 0 aromatic heterocycles. The maximum atomic E-state index is 13.6. The molecular weight excluding hydrogens is 426 g/mol. The Labute approximate surface area is 173 Å². The van der Waals surface area contributed by atoms with E-state index in [0.29, 0.717) is 23.4 Å². The van der Waals surface area contributed by atoms with E-state index in [1.165, 1.54) is 28.6 Å². The summed E-state index contributed by atoms with van der Waals surface area (Å²) in [4.78, 5) is 12.4. The molecule has 1 fully saturated rings. The lowest BCUT2D eigenvalue weighted by atomic mass is 9.97. The molecule has 9 heteroatoms. The molecule has 3 rings (SSSR count). The molecule has 1 saturated heterocycles. The smallest absolute Gasteiger partial charge is 0.244 e. The van der Waals surface area contributed by atoms with Crippen molar-refractivity contribution in [3.05, 3.63) is 63.9 Å². The van der Waals surface area contributed by atoms with Crippen molar-refractivity contribution in [1.29, 1.82) is 0 Å². The van der Waals surface area contributed by atoms with Crippen LogP contribution in [0.5, 0.6) is 0 Å². The maximum Gasteiger partial charge on any atom is 0.244 e. The number of nitrogens with zero attached hydrogens (tertiary/aromatic N) is 1. The molecule has 1 N–H and O–H groups in total. The van der Waals surface area contributed by atoms with E-state index in [9.17, 15) is 17.6 Å². The lowest BCUT2D eigenvalue weighted by Gasteiger charge is -2.30. The monoisotopic (exact) mass is 444 g/mol. The van der Waals surface area contributed by atoms with E-state index in [-0.39, 0.29) is 47.2 Å². The van der Waals surface area contributed by atoms with Crippen LogP contribution in [0.15, 0.2) is 47.4 Å². The molecule has 0 bridgehead atoms. The highest BCUT2D eigenvalue weighted by atomic mass is 35.5. The first-order valence-electron chi connectivity index (χ1n) is 8.75. The molecule has 0 unspecified atom stereocenters. The molecule has 0 aliphatic carbocycles. The Kier molecular flexibility index (Phi) is 6.60. The summed E-state index contributed by atoms with van der Waals surface area (Å²) < 4.78 is 40.6. The van der Waals surface area contributed by atoms with Crippen molar-refractivity contribution in [1.82, 2.24) is 9.62 Å². The van der Waals surface area contributed by atoms with Crippen molar-refractivity contribution in [2.24, 2.45) is 5.92 Å². The number of halogens is 3. The number of piperidine rings is 1. The van der Waals surface area contributed by atoms with E-state index in [0.717, 1.165) is 0 Å². The molecule has 2 aromatic carbocycles. The molecule has 1 heterocycles. The third-order valence-corrected chi connectivity index (χ3v) is 7.36. The highest BCUT2D eigenvalue weighted by Gasteiger charge is 2.33. The van der Waals surface area contributed by atoms with Crippen molar-refractivity contribution in [3.8, 4) is 0 Å². The average molecular weight is 445 g/mol. The predicted molar refractivity (Wildman–Crippen MR) is 106 cm³/mol. The van der Waals surface area contributed by atoms with Crippen molar-refractivity contribution < 1.29 is 17.6 Å². The Morgan fingerprint density at radius 1 is 1.14 bits per heavy atom. The fraction of sp³-hybridized carbons (Fsp3) is 0.316. The normalized spacial score (nSPS) is 16.1. The second-order valence-corrected chi connectivity index (χ2v) is 9.31. The summed E-state index contributed by atoms with van der Waals surface area (Å²) in [5.74, 6) is -0.896. The third-order valence-electron chi connectivity index (χ3n) is 4.75. The second kappa shape index (κ2) is 8.78. The van der Waals surface area contributed by atoms with Gasteiger partial charge in [-0.3, -0.25) is 4.79 Å². The van der Waals surface area contributed by atoms with Gasteiger partial charge in [0.05, 0.1) is 5.02 Å². The third kappa shape index (κ3) is 4.66. The molecule has 150 valence electrons. The Morgan fingerprint density at radius 2 is 1.82 bits per heavy atom. The molecule has 0 spiro atoms. The van der Waals surface area contributed by atoms with E-state index in [2.05, 4.69) is 5.32 Å². The van der Waals surface area contributed by atoms with Crippen LogP contribution in [0.1, 0.15) is 18.4 Å². The van der Waals surface area contributed by atoms with Crippen molar-refractivity contribution >= 4 is 39.1 Å². The Morgan fingerprint density at radius 3 is 2.46 bits per heavy atom. The fourth-order valence-electron chi connectivity index (χ4n) is 3.15. The van der Waals surface area contributed by atoms with Gasteiger partial charge < -0.3 is 5.32 Å². The van der Waals surface area contributed by atoms with E-state index in [1.54, 1.807) is 18.2 Å². The van der Waals surface area contributed by atoms with Crippen LogP contribution in [0.3, 0.4) is 0 Å². The second-order valence-electron chi connectivity index (χ2n) is 6.56. The van der Waals surface area contributed by atoms with Gasteiger partial charge in [-0.15, -0.1) is 0 Å². The summed E-state index contributed by atoms with van der Waals surface area (Å²) in [5, 5.41) is 3.15. The van der Waals surface area contributed by atoms with Gasteiger partial charge in [0.2, 0.25) is 15.9 Å². The van der Waals surface area contributed by atoms with Gasteiger partial charge in [0.15, 0.2) is 0 Å². The minimum Gasteiger partial charge on any atom is -0.352 e. The molecule has 1 aliphatic heterocycles. The summed E-state index contributed by atoms with van der Waals surface area (Å²) in [6.45, 7) is 0.516. The summed E-state index contributed by atoms with van der Waals surface area (Å²) in [7, 11) is -3.76. The number of rotatable bonds is 5. The number of benzene rings is 2. The van der Waals surface area contributed by atoms with Crippen molar-refractivity contribution in [2.75, 3.05) is 13.1 Å². The van der Waals surface area contributed by atoms with Crippen LogP contribution in [-0.2, 0) is 21.4 Å². The first-order valence-corrected chi connectivity index (χ1v) is 10.9. The number of sulfonamides is 1. The van der Waals surface area contributed by atoms with Gasteiger partial charge >= 0.3 is 0 Å². The van der Waals surface area contributed by atoms with Crippen LogP contribution in [0.25, 0.3) is 0 Å². The lowest BCUT2D eigenvalue weighted by molar-refractivity contribution is -0.126. The standard InChI is InChI=1S/C19H19Cl2FN2O3S/c20-15-5-6-18(16(21)11-15)28(26,27)24-9-7-13(8-10-24)19(25)23-12-14-3-1-2-4-17(14)22/h1-6,11,13H,7-10,12H2,(H,23,25). The zero-order valence-electron chi connectivity index (χ0n) is 14.9. The van der Waals surface area contributed by atoms with Gasteiger partial charge in [-0.25, -0.2) is 12.8 Å². The van der Waals surface area contributed by atoms with Gasteiger partial charge in [0, 0.05) is 36.1 Å². The quantitative estimate of drug-likeness (QED) is 0.761. The largest absolute Gasteiger partial charge is 0.352 e. The summed E-state index contributed by atoms with van der Waals surface area (Å²) >= 11 is 11.9. The Hall–Kier alpha value is -1.67. The number of amides is 1. The van der Waals surface area contributed by atoms with Crippen molar-refractivity contribution in [3.63, 3.8) is 0 Å². The molecule has 5 nitrogen and oxygen atoms in total. The van der Waals surface area contributed by atoms with Crippen LogP contribution >= 0.6 is 23.2 Å². The molecular formula is C19H19Cl2FN2O3S. The van der Waals surface area contributed by atoms with E-state index < -0.39 is 10.0 Å². The SMILES string of the molecule is O=C(NCc1ccccc1F)C1CCN(S(=O)(=O)c2ccc(Cl)cc2Cl)CC1. The van der Waals surface area contributed by atoms with Crippen LogP contribution in [0.4, 0.5) is 4.39 Å². The van der Waals surface area contributed by atoms with Gasteiger partial charge in [-0.2, -0.15) is 4.31 Å². The Bertz CT molecular complexity index is 977. The Balaban J connectivity index is 1.59. The molecule has 1 amide bonds. The average Bonchev–Trinajstić information content (AvgIpc) is 2.67. The molecule has 0 radical (unpaired) electrons. The van der Waals surface area contributed by atoms with Crippen molar-refractivity contribution in [2.45, 2.75) is 24.3 Å². The highest BCUT2D eigenvalue weighted by molar-refractivity contribution is 7.89. The molecule has 28 heavy (non-hydrogen) atoms. The molecule has 0 saturated carbocycles. The maximum absolute atomic E-state index is 13.6.